The third-order valence-electron chi connectivity index (χ3n) is 9.01. The van der Waals surface area contributed by atoms with Gasteiger partial charge in [-0.05, 0) is 60.7 Å². The average molecular weight is 939 g/mol. The maximum atomic E-state index is 10.3. The van der Waals surface area contributed by atoms with Crippen molar-refractivity contribution in [2.24, 2.45) is 4.99 Å². The van der Waals surface area contributed by atoms with Crippen LogP contribution in [0.4, 0.5) is 0 Å². The molecule has 0 aliphatic heterocycles. The summed E-state index contributed by atoms with van der Waals surface area (Å²) in [5, 5.41) is 18.7. The van der Waals surface area contributed by atoms with Gasteiger partial charge in [-0.2, -0.15) is 5.57 Å². The molecule has 0 heterocycles. The van der Waals surface area contributed by atoms with E-state index in [2.05, 4.69) is 203 Å². The molecule has 0 unspecified atom stereocenters. The van der Waals surface area contributed by atoms with Crippen LogP contribution < -0.4 is 31.8 Å². The van der Waals surface area contributed by atoms with Crippen molar-refractivity contribution in [1.29, 1.82) is 0 Å². The molecule has 0 fully saturated rings. The van der Waals surface area contributed by atoms with Crippen LogP contribution in [0.25, 0.3) is 5.57 Å². The van der Waals surface area contributed by atoms with E-state index in [1.165, 1.54) is 31.8 Å². The van der Waals surface area contributed by atoms with Crippen molar-refractivity contribution in [3.8, 4) is 5.75 Å². The Morgan fingerprint density at radius 1 is 0.525 bits per heavy atom. The number of hydrogen-bond donors (Lipinski definition) is 1. The Bertz CT molecular complexity index is 2190. The first-order chi connectivity index (χ1) is 30.0. The van der Waals surface area contributed by atoms with Crippen LogP contribution in [0.3, 0.4) is 0 Å². The molecule has 8 aromatic rings. The number of aliphatic imine (C=N–C) groups is 1. The molecule has 3 nitrogen and oxygen atoms in total. The number of aryl methyl sites for hydroxylation is 1. The fraction of sp³-hybridized carbons (Fsp3) is 0.0370. The van der Waals surface area contributed by atoms with Gasteiger partial charge in [-0.25, -0.2) is 6.58 Å². The van der Waals surface area contributed by atoms with E-state index in [0.29, 0.717) is 16.7 Å². The van der Waals surface area contributed by atoms with Gasteiger partial charge in [0.1, 0.15) is 0 Å². The van der Waals surface area contributed by atoms with Crippen molar-refractivity contribution in [3.63, 3.8) is 0 Å². The van der Waals surface area contributed by atoms with Crippen molar-refractivity contribution in [1.82, 2.24) is 0 Å². The van der Waals surface area contributed by atoms with E-state index in [4.69, 9.17) is 11.2 Å². The van der Waals surface area contributed by atoms with Crippen molar-refractivity contribution < 1.29 is 27.1 Å². The number of aromatic hydroxyl groups is 1. The van der Waals surface area contributed by atoms with Gasteiger partial charge in [0.25, 0.3) is 0 Å². The Labute approximate surface area is 378 Å². The normalized spacial score (nSPS) is 10.1. The number of benzene rings is 8. The largest absolute Gasteiger partial charge is 0.0622 e. The maximum absolute atomic E-state index is 10.3. The summed E-state index contributed by atoms with van der Waals surface area (Å²) in [6.45, 7) is 12.6. The van der Waals surface area contributed by atoms with Crippen LogP contribution in [0.5, 0.6) is 5.75 Å². The van der Waals surface area contributed by atoms with Gasteiger partial charge in [0.2, 0.25) is 0 Å². The van der Waals surface area contributed by atoms with E-state index >= 15 is 0 Å². The van der Waals surface area contributed by atoms with Crippen molar-refractivity contribution >= 4 is 69.1 Å². The summed E-state index contributed by atoms with van der Waals surface area (Å²) in [6, 6.07) is 78.0. The zero-order chi connectivity index (χ0) is 43.7. The molecule has 61 heavy (non-hydrogen) atoms. The van der Waals surface area contributed by atoms with Crippen molar-refractivity contribution in [2.75, 3.05) is 7.05 Å². The molecule has 0 bridgehead atoms. The van der Waals surface area contributed by atoms with Gasteiger partial charge >= 0.3 is 38.3 Å². The maximum Gasteiger partial charge on any atom is -0.0134 e. The van der Waals surface area contributed by atoms with Crippen LogP contribution in [0, 0.1) is 20.2 Å². The Hall–Kier alpha value is -5.52. The van der Waals surface area contributed by atoms with E-state index in [-0.39, 0.29) is 5.75 Å². The van der Waals surface area contributed by atoms with Gasteiger partial charge in [-0.1, -0.05) is 211 Å². The third-order valence-corrected chi connectivity index (χ3v) is 13.9. The van der Waals surface area contributed by atoms with Gasteiger partial charge in [0.15, 0.2) is 0 Å². The minimum absolute atomic E-state index is 0.164. The Morgan fingerprint density at radius 2 is 0.787 bits per heavy atom. The first-order valence-electron chi connectivity index (χ1n) is 19.2. The van der Waals surface area contributed by atoms with E-state index in [9.17, 15) is 5.11 Å². The van der Waals surface area contributed by atoms with E-state index in [1.54, 1.807) is 13.3 Å². The summed E-state index contributed by atoms with van der Waals surface area (Å²) in [6.07, 6.45) is 1.63. The van der Waals surface area contributed by atoms with Crippen LogP contribution >= 0.6 is 25.5 Å². The van der Waals surface area contributed by atoms with Gasteiger partial charge in [0.05, 0.1) is 5.75 Å². The Kier molecular flexibility index (Phi) is 21.6. The molecule has 304 valence electrons. The van der Waals surface area contributed by atoms with E-state index < -0.39 is 15.8 Å². The molecular weight excluding hydrogens is 893 g/mol. The standard InChI is InChI=1S/2C18H15P.C17H16NO.CO.ClH.Ru/c2*1-4-10-16(11-5-1)19(17-12-6-2-7-13-17)18-14-8-3-9-15-18;1-12-9-15(11-18-3)17(19)16(10-12)13(2)14-7-5-4-6-8-14;1-2;;/h2*1-15H;2,4-11,19H,1,3H3;;1H;/q;;-1;;;+2/p-1. The molecule has 8 rings (SSSR count). The summed E-state index contributed by atoms with van der Waals surface area (Å²) < 4.78 is 7.50. The molecule has 7 heteroatoms. The Balaban J connectivity index is 0.000000193. The second kappa shape index (κ2) is 27.4. The molecule has 0 amide bonds. The fourth-order valence-corrected chi connectivity index (χ4v) is 11.0. The van der Waals surface area contributed by atoms with Crippen LogP contribution in [-0.2, 0) is 22.0 Å². The predicted octanol–water partition coefficient (Wildman–Crippen LogP) is 11.2. The summed E-state index contributed by atoms with van der Waals surface area (Å²) in [5.41, 5.74) is 3.80. The van der Waals surface area contributed by atoms with Crippen molar-refractivity contribution in [2.45, 2.75) is 6.92 Å². The van der Waals surface area contributed by atoms with Gasteiger partial charge < -0.3 is 5.11 Å². The first kappa shape index (κ1) is 48.2. The second-order valence-electron chi connectivity index (χ2n) is 13.1. The third kappa shape index (κ3) is 14.6. The van der Waals surface area contributed by atoms with Crippen LogP contribution in [0.2, 0.25) is 0 Å². The minimum Gasteiger partial charge on any atom is -0.0622 e. The topological polar surface area (TPSA) is 52.5 Å². The molecule has 0 saturated carbocycles. The zero-order valence-corrected chi connectivity index (χ0v) is 38.2. The quantitative estimate of drug-likeness (QED) is 0.0506. The van der Waals surface area contributed by atoms with Crippen LogP contribution in [0.15, 0.2) is 229 Å². The molecule has 0 aromatic heterocycles. The van der Waals surface area contributed by atoms with Gasteiger partial charge in [-0.3, -0.25) is 4.99 Å². The average Bonchev–Trinajstić information content (AvgIpc) is 3.34. The van der Waals surface area contributed by atoms with E-state index in [1.807, 2.05) is 66.7 Å². The summed E-state index contributed by atoms with van der Waals surface area (Å²) in [4.78, 5) is 3.95. The number of phenols is 1. The number of hydrogen-bond acceptors (Lipinski definition) is 2. The number of rotatable bonds is 9. The molecule has 0 aliphatic rings. The minimum atomic E-state index is -0.446. The molecule has 0 spiro atoms. The SMILES string of the molecule is [C-]#[O+].[CH-]=C(c1ccccc1)c1cc(C)cc(C=NC)c1O.[Cl][Ru+].c1ccc(P(c2ccccc2)c2ccccc2)cc1.c1ccc(P(c2ccccc2)c2ccccc2)cc1. The summed E-state index contributed by atoms with van der Waals surface area (Å²) >= 11 is 1.82. The molecule has 0 saturated heterocycles. The second-order valence-corrected chi connectivity index (χ2v) is 17.5. The summed E-state index contributed by atoms with van der Waals surface area (Å²) in [7, 11) is 5.35. The molecule has 0 aliphatic carbocycles. The molecule has 0 radical (unpaired) electrons. The molecular formula is C54H46ClNO2P2Ru. The van der Waals surface area contributed by atoms with Crippen LogP contribution in [-0.4, -0.2) is 18.4 Å². The molecule has 8 aromatic carbocycles. The first-order valence-corrected chi connectivity index (χ1v) is 24.1. The summed E-state index contributed by atoms with van der Waals surface area (Å²) in [5.74, 6) is 0.164. The predicted molar refractivity (Wildman–Crippen MR) is 260 cm³/mol. The number of halogens is 1. The van der Waals surface area contributed by atoms with Gasteiger partial charge in [-0.15, -0.1) is 23.8 Å². The molecule has 1 N–H and O–H groups in total. The van der Waals surface area contributed by atoms with Gasteiger partial charge in [0, 0.05) is 18.8 Å². The monoisotopic (exact) mass is 939 g/mol. The van der Waals surface area contributed by atoms with Crippen molar-refractivity contribution in [3.05, 3.63) is 260 Å². The zero-order valence-electron chi connectivity index (χ0n) is 33.9. The smallest absolute Gasteiger partial charge is 0.0134 e. The van der Waals surface area contributed by atoms with Crippen LogP contribution in [0.1, 0.15) is 22.3 Å². The van der Waals surface area contributed by atoms with E-state index in [0.717, 1.165) is 11.1 Å². The number of phenolic OH excluding ortho intramolecular Hbond substituents is 1. The fourth-order valence-electron chi connectivity index (χ4n) is 6.38. The number of nitrogens with zero attached hydrogens (tertiary/aromatic N) is 1. The molecule has 0 atom stereocenters. The Morgan fingerprint density at radius 3 is 1.05 bits per heavy atom.